The lowest BCUT2D eigenvalue weighted by atomic mass is 10.2. The predicted octanol–water partition coefficient (Wildman–Crippen LogP) is 2.35. The topological polar surface area (TPSA) is 72.5 Å². The first-order valence-corrected chi connectivity index (χ1v) is 8.05. The summed E-state index contributed by atoms with van der Waals surface area (Å²) in [5, 5.41) is 2.66. The zero-order chi connectivity index (χ0) is 15.5. The van der Waals surface area contributed by atoms with Crippen LogP contribution in [0.2, 0.25) is 0 Å². The van der Waals surface area contributed by atoms with Crippen LogP contribution < -0.4 is 10.1 Å². The van der Waals surface area contributed by atoms with Gasteiger partial charge in [-0.1, -0.05) is 12.1 Å². The second kappa shape index (κ2) is 5.97. The Hall–Kier alpha value is -2.34. The smallest absolute Gasteiger partial charge is 0.256 e. The van der Waals surface area contributed by atoms with Crippen molar-refractivity contribution in [3.05, 3.63) is 54.1 Å². The third-order valence-electron chi connectivity index (χ3n) is 2.88. The van der Waals surface area contributed by atoms with Gasteiger partial charge in [-0.25, -0.2) is 8.42 Å². The van der Waals surface area contributed by atoms with Gasteiger partial charge in [0.2, 0.25) is 0 Å². The number of nitrogens with one attached hydrogen (secondary N) is 1. The maximum absolute atomic E-state index is 12.2. The zero-order valence-corrected chi connectivity index (χ0v) is 12.5. The highest BCUT2D eigenvalue weighted by Gasteiger charge is 2.18. The average molecular weight is 305 g/mol. The molecule has 21 heavy (non-hydrogen) atoms. The number of carbonyl (C=O) groups excluding carboxylic acids is 1. The van der Waals surface area contributed by atoms with Gasteiger partial charge in [0.15, 0.2) is 9.84 Å². The van der Waals surface area contributed by atoms with Crippen LogP contribution in [0, 0.1) is 0 Å². The molecule has 0 saturated carbocycles. The highest BCUT2D eigenvalue weighted by molar-refractivity contribution is 7.90. The zero-order valence-electron chi connectivity index (χ0n) is 11.7. The van der Waals surface area contributed by atoms with E-state index in [0.717, 1.165) is 6.26 Å². The van der Waals surface area contributed by atoms with Gasteiger partial charge < -0.3 is 10.1 Å². The standard InChI is InChI=1S/C15H15NO4S/c1-20-12-9-7-11(8-10-12)16-15(17)13-5-3-4-6-14(13)21(2,18)19/h3-10H,1-2H3,(H,16,17). The summed E-state index contributed by atoms with van der Waals surface area (Å²) in [7, 11) is -1.91. The van der Waals surface area contributed by atoms with Crippen molar-refractivity contribution in [1.82, 2.24) is 0 Å². The van der Waals surface area contributed by atoms with Gasteiger partial charge in [-0.05, 0) is 36.4 Å². The summed E-state index contributed by atoms with van der Waals surface area (Å²) < 4.78 is 28.4. The van der Waals surface area contributed by atoms with E-state index in [1.165, 1.54) is 12.1 Å². The van der Waals surface area contributed by atoms with Gasteiger partial charge in [0.25, 0.3) is 5.91 Å². The van der Waals surface area contributed by atoms with E-state index in [1.54, 1.807) is 43.5 Å². The molecule has 2 aromatic rings. The number of anilines is 1. The van der Waals surface area contributed by atoms with Crippen molar-refractivity contribution in [3.8, 4) is 5.75 Å². The molecule has 1 N–H and O–H groups in total. The third-order valence-corrected chi connectivity index (χ3v) is 4.03. The minimum absolute atomic E-state index is 0.0102. The molecule has 0 aliphatic heterocycles. The van der Waals surface area contributed by atoms with E-state index in [9.17, 15) is 13.2 Å². The number of sulfone groups is 1. The lowest BCUT2D eigenvalue weighted by molar-refractivity contribution is 0.102. The molecule has 0 radical (unpaired) electrons. The van der Waals surface area contributed by atoms with Crippen LogP contribution in [-0.4, -0.2) is 27.7 Å². The van der Waals surface area contributed by atoms with Gasteiger partial charge in [0.05, 0.1) is 17.6 Å². The second-order valence-electron chi connectivity index (χ2n) is 4.45. The molecule has 0 saturated heterocycles. The van der Waals surface area contributed by atoms with Crippen LogP contribution in [0.25, 0.3) is 0 Å². The normalized spacial score (nSPS) is 11.0. The summed E-state index contributed by atoms with van der Waals surface area (Å²) in [4.78, 5) is 12.2. The van der Waals surface area contributed by atoms with Crippen molar-refractivity contribution >= 4 is 21.4 Å². The Morgan fingerprint density at radius 1 is 1.05 bits per heavy atom. The summed E-state index contributed by atoms with van der Waals surface area (Å²) in [5.74, 6) is 0.200. The maximum atomic E-state index is 12.2. The van der Waals surface area contributed by atoms with Crippen LogP contribution in [0.1, 0.15) is 10.4 Å². The highest BCUT2D eigenvalue weighted by Crippen LogP contribution is 2.19. The molecule has 0 aromatic heterocycles. The Bertz CT molecular complexity index is 751. The van der Waals surface area contributed by atoms with Crippen LogP contribution in [0.3, 0.4) is 0 Å². The molecule has 0 spiro atoms. The number of benzene rings is 2. The number of carbonyl (C=O) groups is 1. The molecule has 0 unspecified atom stereocenters. The molecule has 0 aliphatic carbocycles. The monoisotopic (exact) mass is 305 g/mol. The molecule has 1 amide bonds. The van der Waals surface area contributed by atoms with Crippen molar-refractivity contribution in [2.24, 2.45) is 0 Å². The van der Waals surface area contributed by atoms with Gasteiger partial charge in [-0.3, -0.25) is 4.79 Å². The number of amides is 1. The highest BCUT2D eigenvalue weighted by atomic mass is 32.2. The van der Waals surface area contributed by atoms with Crippen LogP contribution in [0.15, 0.2) is 53.4 Å². The SMILES string of the molecule is COc1ccc(NC(=O)c2ccccc2S(C)(=O)=O)cc1. The lowest BCUT2D eigenvalue weighted by Crippen LogP contribution is -2.15. The van der Waals surface area contributed by atoms with Crippen molar-refractivity contribution < 1.29 is 17.9 Å². The molecule has 0 heterocycles. The van der Waals surface area contributed by atoms with E-state index in [1.807, 2.05) is 0 Å². The molecule has 2 rings (SSSR count). The number of ether oxygens (including phenoxy) is 1. The molecule has 110 valence electrons. The van der Waals surface area contributed by atoms with Crippen molar-refractivity contribution in [2.75, 3.05) is 18.7 Å². The minimum Gasteiger partial charge on any atom is -0.497 e. The van der Waals surface area contributed by atoms with Crippen LogP contribution in [-0.2, 0) is 9.84 Å². The second-order valence-corrected chi connectivity index (χ2v) is 6.44. The summed E-state index contributed by atoms with van der Waals surface area (Å²) in [6, 6.07) is 12.9. The fraction of sp³-hybridized carbons (Fsp3) is 0.133. The molecule has 0 aliphatic rings. The van der Waals surface area contributed by atoms with Gasteiger partial charge in [-0.2, -0.15) is 0 Å². The van der Waals surface area contributed by atoms with Crippen LogP contribution >= 0.6 is 0 Å². The number of methoxy groups -OCH3 is 1. The van der Waals surface area contributed by atoms with Crippen LogP contribution in [0.4, 0.5) is 5.69 Å². The van der Waals surface area contributed by atoms with E-state index in [4.69, 9.17) is 4.74 Å². The van der Waals surface area contributed by atoms with Crippen molar-refractivity contribution in [3.63, 3.8) is 0 Å². The number of hydrogen-bond donors (Lipinski definition) is 1. The molecule has 0 fully saturated rings. The van der Waals surface area contributed by atoms with Gasteiger partial charge in [-0.15, -0.1) is 0 Å². The molecular formula is C15H15NO4S. The lowest BCUT2D eigenvalue weighted by Gasteiger charge is -2.09. The Morgan fingerprint density at radius 3 is 2.24 bits per heavy atom. The first-order chi connectivity index (χ1) is 9.91. The number of rotatable bonds is 4. The Morgan fingerprint density at radius 2 is 1.67 bits per heavy atom. The third kappa shape index (κ3) is 3.61. The predicted molar refractivity (Wildman–Crippen MR) is 80.5 cm³/mol. The summed E-state index contributed by atoms with van der Waals surface area (Å²) in [6.07, 6.45) is 1.08. The molecular weight excluding hydrogens is 290 g/mol. The molecule has 5 nitrogen and oxygen atoms in total. The van der Waals surface area contributed by atoms with E-state index in [0.29, 0.717) is 11.4 Å². The molecule has 2 aromatic carbocycles. The Balaban J connectivity index is 2.28. The largest absolute Gasteiger partial charge is 0.497 e. The molecule has 0 atom stereocenters. The van der Waals surface area contributed by atoms with Crippen molar-refractivity contribution in [1.29, 1.82) is 0 Å². The molecule has 0 bridgehead atoms. The summed E-state index contributed by atoms with van der Waals surface area (Å²) in [6.45, 7) is 0. The van der Waals surface area contributed by atoms with E-state index in [2.05, 4.69) is 5.32 Å². The Labute approximate surface area is 123 Å². The van der Waals surface area contributed by atoms with Crippen molar-refractivity contribution in [2.45, 2.75) is 4.90 Å². The fourth-order valence-electron chi connectivity index (χ4n) is 1.85. The number of hydrogen-bond acceptors (Lipinski definition) is 4. The Kier molecular flexibility index (Phi) is 4.28. The van der Waals surface area contributed by atoms with E-state index < -0.39 is 15.7 Å². The quantitative estimate of drug-likeness (QED) is 0.941. The average Bonchev–Trinajstić information content (AvgIpc) is 2.47. The van der Waals surface area contributed by atoms with Gasteiger partial charge >= 0.3 is 0 Å². The first kappa shape index (κ1) is 15.1. The van der Waals surface area contributed by atoms with E-state index in [-0.39, 0.29) is 10.5 Å². The fourth-order valence-corrected chi connectivity index (χ4v) is 2.74. The van der Waals surface area contributed by atoms with Crippen LogP contribution in [0.5, 0.6) is 5.75 Å². The summed E-state index contributed by atoms with van der Waals surface area (Å²) >= 11 is 0. The summed E-state index contributed by atoms with van der Waals surface area (Å²) in [5.41, 5.74) is 0.680. The first-order valence-electron chi connectivity index (χ1n) is 6.16. The van der Waals surface area contributed by atoms with E-state index >= 15 is 0 Å². The molecule has 6 heteroatoms. The van der Waals surface area contributed by atoms with Gasteiger partial charge in [0.1, 0.15) is 5.75 Å². The minimum atomic E-state index is -3.46. The maximum Gasteiger partial charge on any atom is 0.256 e. The van der Waals surface area contributed by atoms with Gasteiger partial charge in [0, 0.05) is 11.9 Å².